The van der Waals surface area contributed by atoms with Gasteiger partial charge in [0, 0.05) is 44.6 Å². The average Bonchev–Trinajstić information content (AvgIpc) is 3.03. The Morgan fingerprint density at radius 2 is 1.60 bits per heavy atom. The van der Waals surface area contributed by atoms with E-state index >= 15 is 0 Å². The van der Waals surface area contributed by atoms with Gasteiger partial charge in [0.25, 0.3) is 0 Å². The van der Waals surface area contributed by atoms with Gasteiger partial charge < -0.3 is 29.7 Å². The molecule has 2 saturated heterocycles. The molecule has 0 spiro atoms. The summed E-state index contributed by atoms with van der Waals surface area (Å²) >= 11 is 0. The van der Waals surface area contributed by atoms with Crippen LogP contribution in [0.25, 0.3) is 11.1 Å². The fourth-order valence-electron chi connectivity index (χ4n) is 5.31. The maximum atomic E-state index is 11.9. The number of morpholine rings is 1. The summed E-state index contributed by atoms with van der Waals surface area (Å²) in [7, 11) is 0. The lowest BCUT2D eigenvalue weighted by Gasteiger charge is -2.39. The van der Waals surface area contributed by atoms with Crippen molar-refractivity contribution in [3.63, 3.8) is 0 Å². The van der Waals surface area contributed by atoms with Crippen LogP contribution in [-0.2, 0) is 37.0 Å². The summed E-state index contributed by atoms with van der Waals surface area (Å²) in [6, 6.07) is 24.0. The van der Waals surface area contributed by atoms with Gasteiger partial charge in [0.05, 0.1) is 38.4 Å². The van der Waals surface area contributed by atoms with Gasteiger partial charge >= 0.3 is 5.97 Å². The molecule has 1 amide bonds. The molecule has 42 heavy (non-hydrogen) atoms. The third-order valence-electron chi connectivity index (χ3n) is 7.68. The number of aliphatic carboxylic acids is 1. The highest BCUT2D eigenvalue weighted by Crippen LogP contribution is 2.38. The van der Waals surface area contributed by atoms with Crippen molar-refractivity contribution in [2.75, 3.05) is 32.8 Å². The molecule has 5 rings (SSSR count). The molecule has 2 heterocycles. The predicted molar refractivity (Wildman–Crippen MR) is 156 cm³/mol. The van der Waals surface area contributed by atoms with Crippen LogP contribution >= 0.6 is 0 Å². The number of carbonyl (C=O) groups excluding carboxylic acids is 1. The fraction of sp³-hybridized carbons (Fsp3) is 0.394. The number of hydrogen-bond donors (Lipinski definition) is 3. The highest BCUT2D eigenvalue weighted by Gasteiger charge is 2.33. The first-order valence-electron chi connectivity index (χ1n) is 14.5. The Kier molecular flexibility index (Phi) is 10.3. The zero-order valence-electron chi connectivity index (χ0n) is 23.6. The molecule has 222 valence electrons. The van der Waals surface area contributed by atoms with Crippen molar-refractivity contribution in [2.45, 2.75) is 50.9 Å². The third-order valence-corrected chi connectivity index (χ3v) is 7.68. The first-order chi connectivity index (χ1) is 20.5. The van der Waals surface area contributed by atoms with Crippen LogP contribution in [0.3, 0.4) is 0 Å². The van der Waals surface area contributed by atoms with Gasteiger partial charge in [-0.2, -0.15) is 0 Å². The summed E-state index contributed by atoms with van der Waals surface area (Å²) in [4.78, 5) is 25.0. The zero-order valence-corrected chi connectivity index (χ0v) is 23.6. The highest BCUT2D eigenvalue weighted by atomic mass is 16.7. The van der Waals surface area contributed by atoms with Gasteiger partial charge in [0.15, 0.2) is 6.29 Å². The number of amides is 1. The van der Waals surface area contributed by atoms with E-state index in [4.69, 9.17) is 19.3 Å². The van der Waals surface area contributed by atoms with Crippen LogP contribution in [0, 0.1) is 0 Å². The van der Waals surface area contributed by atoms with Crippen LogP contribution < -0.4 is 5.32 Å². The van der Waals surface area contributed by atoms with E-state index in [1.807, 2.05) is 72.8 Å². The molecule has 9 heteroatoms. The number of nitrogens with one attached hydrogen (secondary N) is 1. The number of carbonyl (C=O) groups is 2. The van der Waals surface area contributed by atoms with Gasteiger partial charge in [0.2, 0.25) is 5.91 Å². The Morgan fingerprint density at radius 3 is 2.31 bits per heavy atom. The second-order valence-corrected chi connectivity index (χ2v) is 10.8. The molecule has 3 aromatic carbocycles. The SMILES string of the molecule is O=C(O)CCC(=O)NCc1cccc(-c2ccc(C3OC(CN4CCOCC4)CC(c4ccc(CO)cc4)O3)cc2)c1. The van der Waals surface area contributed by atoms with E-state index in [0.717, 1.165) is 72.6 Å². The smallest absolute Gasteiger partial charge is 0.303 e. The highest BCUT2D eigenvalue weighted by molar-refractivity contribution is 5.80. The van der Waals surface area contributed by atoms with Crippen molar-refractivity contribution in [3.8, 4) is 11.1 Å². The third kappa shape index (κ3) is 8.24. The second-order valence-electron chi connectivity index (χ2n) is 10.8. The van der Waals surface area contributed by atoms with Crippen LogP contribution in [0.15, 0.2) is 72.8 Å². The number of ether oxygens (including phenoxy) is 3. The van der Waals surface area contributed by atoms with Crippen LogP contribution in [-0.4, -0.2) is 65.9 Å². The number of benzene rings is 3. The standard InChI is InChI=1S/C33H38N2O7/c36-22-23-4-6-26(7-5-23)30-19-29(21-35-14-16-40-17-15-35)41-33(42-30)27-10-8-25(9-11-27)28-3-1-2-24(18-28)20-34-31(37)12-13-32(38)39/h1-11,18,29-30,33,36H,12-17,19-22H2,(H,34,37)(H,38,39). The van der Waals surface area contributed by atoms with Crippen molar-refractivity contribution in [2.24, 2.45) is 0 Å². The summed E-state index contributed by atoms with van der Waals surface area (Å²) in [6.07, 6.45) is -0.143. The Morgan fingerprint density at radius 1 is 0.857 bits per heavy atom. The van der Waals surface area contributed by atoms with Gasteiger partial charge in [-0.1, -0.05) is 66.7 Å². The van der Waals surface area contributed by atoms with Crippen molar-refractivity contribution < 1.29 is 34.0 Å². The molecule has 3 unspecified atom stereocenters. The number of nitrogens with zero attached hydrogens (tertiary/aromatic N) is 1. The molecule has 0 radical (unpaired) electrons. The molecule has 2 fully saturated rings. The Hall–Kier alpha value is -3.60. The molecule has 3 aromatic rings. The lowest BCUT2D eigenvalue weighted by Crippen LogP contribution is -2.44. The largest absolute Gasteiger partial charge is 0.481 e. The van der Waals surface area contributed by atoms with Crippen LogP contribution in [0.5, 0.6) is 0 Å². The van der Waals surface area contributed by atoms with Crippen LogP contribution in [0.4, 0.5) is 0 Å². The molecule has 0 aromatic heterocycles. The summed E-state index contributed by atoms with van der Waals surface area (Å²) in [5, 5.41) is 21.0. The predicted octanol–water partition coefficient (Wildman–Crippen LogP) is 4.20. The average molecular weight is 575 g/mol. The van der Waals surface area contributed by atoms with Gasteiger partial charge in [-0.25, -0.2) is 0 Å². The van der Waals surface area contributed by atoms with Crippen molar-refractivity contribution in [1.29, 1.82) is 0 Å². The summed E-state index contributed by atoms with van der Waals surface area (Å²) in [6.45, 7) is 4.40. The van der Waals surface area contributed by atoms with Crippen LogP contribution in [0.2, 0.25) is 0 Å². The van der Waals surface area contributed by atoms with E-state index in [1.165, 1.54) is 0 Å². The molecule has 2 aliphatic rings. The number of rotatable bonds is 11. The summed E-state index contributed by atoms with van der Waals surface area (Å²) in [5.74, 6) is -1.27. The fourth-order valence-corrected chi connectivity index (χ4v) is 5.31. The van der Waals surface area contributed by atoms with E-state index in [2.05, 4.69) is 10.2 Å². The number of carboxylic acids is 1. The maximum absolute atomic E-state index is 11.9. The van der Waals surface area contributed by atoms with Crippen molar-refractivity contribution in [3.05, 3.63) is 95.1 Å². The Bertz CT molecular complexity index is 1320. The van der Waals surface area contributed by atoms with E-state index in [1.54, 1.807) is 0 Å². The van der Waals surface area contributed by atoms with E-state index in [-0.39, 0.29) is 37.6 Å². The van der Waals surface area contributed by atoms with Gasteiger partial charge in [-0.05, 0) is 33.9 Å². The summed E-state index contributed by atoms with van der Waals surface area (Å²) < 4.78 is 18.5. The lowest BCUT2D eigenvalue weighted by atomic mass is 9.99. The minimum Gasteiger partial charge on any atom is -0.481 e. The maximum Gasteiger partial charge on any atom is 0.303 e. The van der Waals surface area contributed by atoms with Crippen molar-refractivity contribution in [1.82, 2.24) is 10.2 Å². The first-order valence-corrected chi connectivity index (χ1v) is 14.5. The molecule has 0 aliphatic carbocycles. The molecular weight excluding hydrogens is 536 g/mol. The summed E-state index contributed by atoms with van der Waals surface area (Å²) in [5.41, 5.74) is 5.83. The molecule has 3 atom stereocenters. The topological polar surface area (TPSA) is 118 Å². The molecule has 0 bridgehead atoms. The Labute approximate surface area is 246 Å². The second kappa shape index (κ2) is 14.5. The molecule has 9 nitrogen and oxygen atoms in total. The minimum absolute atomic E-state index is 0.00782. The number of aliphatic hydroxyl groups excluding tert-OH is 1. The van der Waals surface area contributed by atoms with E-state index < -0.39 is 12.3 Å². The number of carboxylic acid groups (broad SMARTS) is 1. The molecule has 2 aliphatic heterocycles. The number of aliphatic hydroxyl groups is 1. The van der Waals surface area contributed by atoms with Gasteiger partial charge in [-0.3, -0.25) is 14.5 Å². The van der Waals surface area contributed by atoms with E-state index in [9.17, 15) is 14.7 Å². The molecule has 3 N–H and O–H groups in total. The normalized spacial score (nSPS) is 21.1. The van der Waals surface area contributed by atoms with Crippen molar-refractivity contribution >= 4 is 11.9 Å². The monoisotopic (exact) mass is 574 g/mol. The first kappa shape index (κ1) is 29.9. The van der Waals surface area contributed by atoms with Crippen LogP contribution in [0.1, 0.15) is 53.9 Å². The zero-order chi connectivity index (χ0) is 29.3. The molecular formula is C33H38N2O7. The Balaban J connectivity index is 1.27. The van der Waals surface area contributed by atoms with Gasteiger partial charge in [-0.15, -0.1) is 0 Å². The lowest BCUT2D eigenvalue weighted by molar-refractivity contribution is -0.253. The number of hydrogen-bond acceptors (Lipinski definition) is 7. The quantitative estimate of drug-likeness (QED) is 0.312. The van der Waals surface area contributed by atoms with Gasteiger partial charge in [0.1, 0.15) is 0 Å². The minimum atomic E-state index is -0.987. The van der Waals surface area contributed by atoms with E-state index in [0.29, 0.717) is 6.54 Å². The molecule has 0 saturated carbocycles.